The molecule has 0 aliphatic rings. The summed E-state index contributed by atoms with van der Waals surface area (Å²) >= 11 is 0. The first-order valence-corrected chi connectivity index (χ1v) is 8.57. The van der Waals surface area contributed by atoms with Crippen LogP contribution in [0.3, 0.4) is 0 Å². The van der Waals surface area contributed by atoms with Gasteiger partial charge in [0.1, 0.15) is 17.5 Å². The fourth-order valence-electron chi connectivity index (χ4n) is 2.47. The molecule has 0 bridgehead atoms. The van der Waals surface area contributed by atoms with E-state index < -0.39 is 17.9 Å². The summed E-state index contributed by atoms with van der Waals surface area (Å²) in [5.41, 5.74) is 0.437. The number of carboxylic acids is 1. The van der Waals surface area contributed by atoms with E-state index >= 15 is 0 Å². The summed E-state index contributed by atoms with van der Waals surface area (Å²) in [5.74, 6) is -0.605. The van der Waals surface area contributed by atoms with Gasteiger partial charge in [-0.3, -0.25) is 4.79 Å². The second-order valence-corrected chi connectivity index (χ2v) is 5.83. The van der Waals surface area contributed by atoms with Crippen molar-refractivity contribution in [1.29, 1.82) is 0 Å². The number of carbonyl (C=O) groups is 2. The van der Waals surface area contributed by atoms with Gasteiger partial charge in [-0.2, -0.15) is 0 Å². The van der Waals surface area contributed by atoms with Gasteiger partial charge in [0.25, 0.3) is 0 Å². The Kier molecular flexibility index (Phi) is 9.39. The van der Waals surface area contributed by atoms with E-state index in [1.807, 2.05) is 0 Å². The average molecular weight is 352 g/mol. The van der Waals surface area contributed by atoms with Crippen LogP contribution in [0.25, 0.3) is 0 Å². The SMILES string of the molecule is CCCCCC[NH2+][C@H](CC(=O)Nc1cc(OC)ccc1OC)C(=O)[O-]. The van der Waals surface area contributed by atoms with Gasteiger partial charge in [0.2, 0.25) is 5.91 Å². The van der Waals surface area contributed by atoms with Gasteiger partial charge >= 0.3 is 0 Å². The third kappa shape index (κ3) is 7.43. The van der Waals surface area contributed by atoms with E-state index in [0.717, 1.165) is 25.7 Å². The number of carboxylic acid groups (broad SMARTS) is 1. The van der Waals surface area contributed by atoms with Crippen LogP contribution in [-0.4, -0.2) is 38.7 Å². The number of methoxy groups -OCH3 is 2. The minimum atomic E-state index is -1.23. The number of benzene rings is 1. The lowest BCUT2D eigenvalue weighted by atomic mass is 10.1. The normalized spacial score (nSPS) is 11.6. The maximum atomic E-state index is 12.2. The fraction of sp³-hybridized carbons (Fsp3) is 0.556. The number of hydrogen-bond acceptors (Lipinski definition) is 5. The van der Waals surface area contributed by atoms with Gasteiger partial charge in [-0.05, 0) is 25.0 Å². The molecule has 1 rings (SSSR count). The Labute approximate surface area is 148 Å². The fourth-order valence-corrected chi connectivity index (χ4v) is 2.47. The number of carbonyl (C=O) groups excluding carboxylic acids is 2. The van der Waals surface area contributed by atoms with Crippen LogP contribution in [0.4, 0.5) is 5.69 Å². The van der Waals surface area contributed by atoms with Gasteiger partial charge in [-0.15, -0.1) is 0 Å². The van der Waals surface area contributed by atoms with Crippen LogP contribution >= 0.6 is 0 Å². The molecular formula is C18H28N2O5. The van der Waals surface area contributed by atoms with Crippen molar-refractivity contribution in [2.45, 2.75) is 45.1 Å². The van der Waals surface area contributed by atoms with E-state index in [1.54, 1.807) is 23.5 Å². The standard InChI is InChI=1S/C18H28N2O5/c1-4-5-6-7-10-19-15(18(22)23)12-17(21)20-14-11-13(24-2)8-9-16(14)25-3/h8-9,11,15,19H,4-7,10,12H2,1-3H3,(H,20,21)(H,22,23)/t15-/m1/s1. The number of rotatable bonds is 12. The molecule has 0 unspecified atom stereocenters. The van der Waals surface area contributed by atoms with E-state index in [9.17, 15) is 14.7 Å². The van der Waals surface area contributed by atoms with E-state index in [-0.39, 0.29) is 6.42 Å². The summed E-state index contributed by atoms with van der Waals surface area (Å²) in [6, 6.07) is 4.10. The summed E-state index contributed by atoms with van der Waals surface area (Å²) in [7, 11) is 3.01. The second kappa shape index (κ2) is 11.3. The van der Waals surface area contributed by atoms with E-state index in [0.29, 0.717) is 23.7 Å². The molecule has 1 aromatic rings. The van der Waals surface area contributed by atoms with Crippen LogP contribution in [-0.2, 0) is 9.59 Å². The highest BCUT2D eigenvalue weighted by Crippen LogP contribution is 2.28. The third-order valence-electron chi connectivity index (χ3n) is 3.90. The van der Waals surface area contributed by atoms with E-state index in [1.165, 1.54) is 14.2 Å². The molecule has 0 aliphatic heterocycles. The Bertz CT molecular complexity index is 562. The van der Waals surface area contributed by atoms with Crippen LogP contribution in [0.1, 0.15) is 39.0 Å². The highest BCUT2D eigenvalue weighted by molar-refractivity contribution is 5.94. The molecule has 0 spiro atoms. The van der Waals surface area contributed by atoms with Gasteiger partial charge in [0, 0.05) is 6.07 Å². The van der Waals surface area contributed by atoms with E-state index in [2.05, 4.69) is 12.2 Å². The Balaban J connectivity index is 2.61. The average Bonchev–Trinajstić information content (AvgIpc) is 2.60. The molecule has 1 atom stereocenters. The molecule has 25 heavy (non-hydrogen) atoms. The molecule has 140 valence electrons. The quantitative estimate of drug-likeness (QED) is 0.526. The Morgan fingerprint density at radius 2 is 1.96 bits per heavy atom. The second-order valence-electron chi connectivity index (χ2n) is 5.83. The van der Waals surface area contributed by atoms with Crippen molar-refractivity contribution in [3.63, 3.8) is 0 Å². The van der Waals surface area contributed by atoms with Crippen LogP contribution in [0, 0.1) is 0 Å². The molecule has 0 heterocycles. The summed E-state index contributed by atoms with van der Waals surface area (Å²) in [6.45, 7) is 2.78. The Morgan fingerprint density at radius 1 is 1.20 bits per heavy atom. The lowest BCUT2D eigenvalue weighted by Crippen LogP contribution is -2.93. The molecule has 0 saturated carbocycles. The first kappa shape index (κ1) is 20.8. The van der Waals surface area contributed by atoms with Gasteiger partial charge in [-0.25, -0.2) is 0 Å². The number of aliphatic carboxylic acids is 1. The summed E-state index contributed by atoms with van der Waals surface area (Å²) < 4.78 is 10.3. The van der Waals surface area contributed by atoms with Gasteiger partial charge in [0.05, 0.1) is 38.8 Å². The first-order chi connectivity index (χ1) is 12.0. The van der Waals surface area contributed by atoms with Crippen molar-refractivity contribution in [2.24, 2.45) is 0 Å². The minimum Gasteiger partial charge on any atom is -0.544 e. The lowest BCUT2D eigenvalue weighted by Gasteiger charge is -2.17. The zero-order chi connectivity index (χ0) is 18.7. The Hall–Kier alpha value is -2.28. The monoisotopic (exact) mass is 352 g/mol. The molecule has 0 aliphatic carbocycles. The summed E-state index contributed by atoms with van der Waals surface area (Å²) in [5, 5.41) is 15.6. The summed E-state index contributed by atoms with van der Waals surface area (Å²) in [4.78, 5) is 23.5. The van der Waals surface area contributed by atoms with Crippen molar-refractivity contribution in [3.8, 4) is 11.5 Å². The maximum absolute atomic E-state index is 12.2. The molecule has 7 heteroatoms. The molecule has 0 radical (unpaired) electrons. The third-order valence-corrected chi connectivity index (χ3v) is 3.90. The number of ether oxygens (including phenoxy) is 2. The van der Waals surface area contributed by atoms with Crippen molar-refractivity contribution < 1.29 is 29.5 Å². The molecule has 3 N–H and O–H groups in total. The molecule has 1 aromatic carbocycles. The summed E-state index contributed by atoms with van der Waals surface area (Å²) in [6.07, 6.45) is 4.05. The van der Waals surface area contributed by atoms with E-state index in [4.69, 9.17) is 9.47 Å². The van der Waals surface area contributed by atoms with Gasteiger partial charge in [-0.1, -0.05) is 19.8 Å². The smallest absolute Gasteiger partial charge is 0.230 e. The van der Waals surface area contributed by atoms with Crippen LogP contribution in [0.2, 0.25) is 0 Å². The number of unbranched alkanes of at least 4 members (excludes halogenated alkanes) is 3. The number of hydrogen-bond donors (Lipinski definition) is 2. The molecule has 1 amide bonds. The molecule has 7 nitrogen and oxygen atoms in total. The van der Waals surface area contributed by atoms with Gasteiger partial charge < -0.3 is 30.0 Å². The van der Waals surface area contributed by atoms with Crippen LogP contribution in [0.15, 0.2) is 18.2 Å². The Morgan fingerprint density at radius 3 is 2.56 bits per heavy atom. The van der Waals surface area contributed by atoms with Crippen molar-refractivity contribution in [2.75, 3.05) is 26.1 Å². The predicted molar refractivity (Wildman–Crippen MR) is 92.5 cm³/mol. The maximum Gasteiger partial charge on any atom is 0.230 e. The lowest BCUT2D eigenvalue weighted by molar-refractivity contribution is -0.682. The molecule has 0 fully saturated rings. The van der Waals surface area contributed by atoms with Crippen LogP contribution < -0.4 is 25.2 Å². The van der Waals surface area contributed by atoms with Crippen molar-refractivity contribution in [3.05, 3.63) is 18.2 Å². The topological polar surface area (TPSA) is 104 Å². The zero-order valence-electron chi connectivity index (χ0n) is 15.2. The molecule has 0 saturated heterocycles. The van der Waals surface area contributed by atoms with Crippen LogP contribution in [0.5, 0.6) is 11.5 Å². The predicted octanol–water partition coefficient (Wildman–Crippen LogP) is 0.295. The van der Waals surface area contributed by atoms with Crippen molar-refractivity contribution >= 4 is 17.6 Å². The first-order valence-electron chi connectivity index (χ1n) is 8.57. The van der Waals surface area contributed by atoms with Crippen molar-refractivity contribution in [1.82, 2.24) is 0 Å². The number of nitrogens with one attached hydrogen (secondary N) is 1. The number of quaternary nitrogens is 1. The number of nitrogens with two attached hydrogens (primary N) is 1. The highest BCUT2D eigenvalue weighted by Gasteiger charge is 2.19. The minimum absolute atomic E-state index is 0.170. The zero-order valence-corrected chi connectivity index (χ0v) is 15.2. The molecule has 0 aromatic heterocycles. The number of amides is 1. The van der Waals surface area contributed by atoms with Gasteiger partial charge in [0.15, 0.2) is 0 Å². The number of anilines is 1. The molecular weight excluding hydrogens is 324 g/mol. The highest BCUT2D eigenvalue weighted by atomic mass is 16.5. The largest absolute Gasteiger partial charge is 0.544 e.